The average Bonchev–Trinajstić information content (AvgIpc) is 3.19. The van der Waals surface area contributed by atoms with Gasteiger partial charge in [-0.1, -0.05) is 12.1 Å². The maximum Gasteiger partial charge on any atom is 0.258 e. The molecule has 0 unspecified atom stereocenters. The maximum absolute atomic E-state index is 12.5. The van der Waals surface area contributed by atoms with Gasteiger partial charge in [0.1, 0.15) is 5.75 Å². The molecule has 1 amide bonds. The minimum Gasteiger partial charge on any atom is -0.484 e. The van der Waals surface area contributed by atoms with Crippen molar-refractivity contribution in [2.45, 2.75) is 46.1 Å². The van der Waals surface area contributed by atoms with Gasteiger partial charge in [-0.15, -0.1) is 0 Å². The highest BCUT2D eigenvalue weighted by molar-refractivity contribution is 5.94. The summed E-state index contributed by atoms with van der Waals surface area (Å²) in [5.74, 6) is 0.388. The van der Waals surface area contributed by atoms with Gasteiger partial charge in [0.25, 0.3) is 5.91 Å². The van der Waals surface area contributed by atoms with Crippen molar-refractivity contribution in [2.75, 3.05) is 6.61 Å². The van der Waals surface area contributed by atoms with Crippen LogP contribution in [-0.4, -0.2) is 28.1 Å². The maximum atomic E-state index is 12.5. The molecule has 0 bridgehead atoms. The highest BCUT2D eigenvalue weighted by Crippen LogP contribution is 2.32. The lowest BCUT2D eigenvalue weighted by Crippen LogP contribution is -2.34. The van der Waals surface area contributed by atoms with E-state index in [0.29, 0.717) is 11.3 Å². The molecule has 4 rings (SSSR count). The van der Waals surface area contributed by atoms with Crippen molar-refractivity contribution in [2.24, 2.45) is 0 Å². The van der Waals surface area contributed by atoms with Crippen molar-refractivity contribution in [3.63, 3.8) is 0 Å². The molecule has 1 aromatic heterocycles. The number of carbonyl (C=O) groups excluding carboxylic acids is 2. The van der Waals surface area contributed by atoms with Crippen LogP contribution in [0.15, 0.2) is 48.7 Å². The summed E-state index contributed by atoms with van der Waals surface area (Å²) < 4.78 is 7.61. The number of Topliss-reactive ketones (excluding diaryl/α,β-unsaturated/α-hetero) is 1. The number of aromatic nitrogens is 2. The first-order valence-electron chi connectivity index (χ1n) is 10.6. The standard InChI is InChI=1S/C25H27N3O3/c1-16-6-4-8-23(17(16)2)28-24-9-5-7-22(21(24)14-26-28)27-25(30)15-31-20-12-10-19(11-13-20)18(3)29/h4,6,8,10-14,22H,5,7,9,15H2,1-3H3,(H,27,30)/t22-/m1/s1. The molecule has 3 aromatic rings. The van der Waals surface area contributed by atoms with E-state index in [9.17, 15) is 9.59 Å². The lowest BCUT2D eigenvalue weighted by atomic mass is 9.92. The number of fused-ring (bicyclic) bond motifs is 1. The van der Waals surface area contributed by atoms with Gasteiger partial charge in [-0.05, 0) is 81.5 Å². The fraction of sp³-hybridized carbons (Fsp3) is 0.320. The predicted molar refractivity (Wildman–Crippen MR) is 119 cm³/mol. The summed E-state index contributed by atoms with van der Waals surface area (Å²) in [5.41, 5.74) is 6.38. The topological polar surface area (TPSA) is 73.2 Å². The molecule has 1 N–H and O–H groups in total. The van der Waals surface area contributed by atoms with E-state index in [4.69, 9.17) is 4.74 Å². The number of nitrogens with zero attached hydrogens (tertiary/aromatic N) is 2. The zero-order chi connectivity index (χ0) is 22.0. The van der Waals surface area contributed by atoms with E-state index >= 15 is 0 Å². The predicted octanol–water partition coefficient (Wildman–Crippen LogP) is 4.26. The first-order chi connectivity index (χ1) is 14.9. The van der Waals surface area contributed by atoms with Crippen LogP contribution in [0.25, 0.3) is 5.69 Å². The molecule has 0 spiro atoms. The van der Waals surface area contributed by atoms with Crippen LogP contribution in [-0.2, 0) is 11.2 Å². The number of ketones is 1. The Kier molecular flexibility index (Phi) is 5.89. The van der Waals surface area contributed by atoms with E-state index in [1.165, 1.54) is 18.1 Å². The lowest BCUT2D eigenvalue weighted by molar-refractivity contribution is -0.124. The van der Waals surface area contributed by atoms with Crippen LogP contribution in [0, 0.1) is 13.8 Å². The second kappa shape index (κ2) is 8.76. The first-order valence-corrected chi connectivity index (χ1v) is 10.6. The fourth-order valence-electron chi connectivity index (χ4n) is 4.05. The van der Waals surface area contributed by atoms with Gasteiger partial charge in [0.2, 0.25) is 0 Å². The van der Waals surface area contributed by atoms with Crippen molar-refractivity contribution in [1.29, 1.82) is 0 Å². The van der Waals surface area contributed by atoms with E-state index in [1.54, 1.807) is 24.3 Å². The molecule has 1 heterocycles. The molecule has 6 heteroatoms. The van der Waals surface area contributed by atoms with E-state index in [-0.39, 0.29) is 24.3 Å². The minimum atomic E-state index is -0.173. The molecule has 0 aliphatic heterocycles. The highest BCUT2D eigenvalue weighted by Gasteiger charge is 2.26. The van der Waals surface area contributed by atoms with E-state index in [0.717, 1.165) is 36.2 Å². The second-order valence-electron chi connectivity index (χ2n) is 8.06. The summed E-state index contributed by atoms with van der Waals surface area (Å²) in [5, 5.41) is 7.74. The Balaban J connectivity index is 1.44. The Bertz CT molecular complexity index is 1120. The van der Waals surface area contributed by atoms with Crippen LogP contribution < -0.4 is 10.1 Å². The summed E-state index contributed by atoms with van der Waals surface area (Å²) in [6.45, 7) is 5.66. The average molecular weight is 418 g/mol. The Morgan fingerprint density at radius 3 is 2.68 bits per heavy atom. The number of nitrogens with one attached hydrogen (secondary N) is 1. The number of hydrogen-bond acceptors (Lipinski definition) is 4. The van der Waals surface area contributed by atoms with E-state index in [2.05, 4.69) is 36.4 Å². The van der Waals surface area contributed by atoms with Gasteiger partial charge < -0.3 is 10.1 Å². The second-order valence-corrected chi connectivity index (χ2v) is 8.06. The van der Waals surface area contributed by atoms with Gasteiger partial charge >= 0.3 is 0 Å². The third kappa shape index (κ3) is 4.38. The summed E-state index contributed by atoms with van der Waals surface area (Å²) >= 11 is 0. The third-order valence-electron chi connectivity index (χ3n) is 5.95. The zero-order valence-electron chi connectivity index (χ0n) is 18.1. The van der Waals surface area contributed by atoms with E-state index in [1.807, 2.05) is 16.9 Å². The van der Waals surface area contributed by atoms with Crippen LogP contribution in [0.5, 0.6) is 5.75 Å². The van der Waals surface area contributed by atoms with Crippen molar-refractivity contribution in [1.82, 2.24) is 15.1 Å². The number of aryl methyl sites for hydroxylation is 1. The minimum absolute atomic E-state index is 0.00111. The number of benzene rings is 2. The molecule has 1 aliphatic rings. The van der Waals surface area contributed by atoms with Crippen molar-refractivity contribution >= 4 is 11.7 Å². The molecular weight excluding hydrogens is 390 g/mol. The summed E-state index contributed by atoms with van der Waals surface area (Å²) in [4.78, 5) is 23.9. The Hall–Kier alpha value is -3.41. The number of ether oxygens (including phenoxy) is 1. The largest absolute Gasteiger partial charge is 0.484 e. The number of amides is 1. The van der Waals surface area contributed by atoms with Crippen LogP contribution in [0.4, 0.5) is 0 Å². The molecule has 2 aromatic carbocycles. The van der Waals surface area contributed by atoms with Crippen LogP contribution >= 0.6 is 0 Å². The number of rotatable bonds is 6. The van der Waals surface area contributed by atoms with Crippen molar-refractivity contribution in [3.05, 3.63) is 76.6 Å². The third-order valence-corrected chi connectivity index (χ3v) is 5.95. The normalized spacial score (nSPS) is 15.3. The molecule has 0 fully saturated rings. The number of carbonyl (C=O) groups is 2. The summed E-state index contributed by atoms with van der Waals surface area (Å²) in [6.07, 6.45) is 4.68. The van der Waals surface area contributed by atoms with Crippen LogP contribution in [0.2, 0.25) is 0 Å². The molecule has 160 valence electrons. The van der Waals surface area contributed by atoms with E-state index < -0.39 is 0 Å². The molecule has 1 atom stereocenters. The SMILES string of the molecule is CC(=O)c1ccc(OCC(=O)N[C@@H]2CCCc3c2cnn3-c2cccc(C)c2C)cc1. The van der Waals surface area contributed by atoms with Gasteiger partial charge in [0.15, 0.2) is 12.4 Å². The fourth-order valence-corrected chi connectivity index (χ4v) is 4.05. The van der Waals surface area contributed by atoms with Crippen molar-refractivity contribution < 1.29 is 14.3 Å². The Labute approximate surface area is 182 Å². The molecule has 0 radical (unpaired) electrons. The smallest absolute Gasteiger partial charge is 0.258 e. The molecule has 0 saturated carbocycles. The van der Waals surface area contributed by atoms with Crippen LogP contribution in [0.1, 0.15) is 58.5 Å². The summed E-state index contributed by atoms with van der Waals surface area (Å²) in [7, 11) is 0. The molecule has 31 heavy (non-hydrogen) atoms. The van der Waals surface area contributed by atoms with Crippen LogP contribution in [0.3, 0.4) is 0 Å². The van der Waals surface area contributed by atoms with Gasteiger partial charge in [-0.2, -0.15) is 5.10 Å². The van der Waals surface area contributed by atoms with Gasteiger partial charge in [0.05, 0.1) is 17.9 Å². The quantitative estimate of drug-likeness (QED) is 0.608. The molecule has 6 nitrogen and oxygen atoms in total. The number of hydrogen-bond donors (Lipinski definition) is 1. The van der Waals surface area contributed by atoms with Crippen molar-refractivity contribution in [3.8, 4) is 11.4 Å². The monoisotopic (exact) mass is 417 g/mol. The lowest BCUT2D eigenvalue weighted by Gasteiger charge is -2.24. The Morgan fingerprint density at radius 2 is 1.94 bits per heavy atom. The molecular formula is C25H27N3O3. The van der Waals surface area contributed by atoms with Gasteiger partial charge in [0, 0.05) is 16.8 Å². The van der Waals surface area contributed by atoms with Gasteiger partial charge in [-0.25, -0.2) is 4.68 Å². The molecule has 0 saturated heterocycles. The van der Waals surface area contributed by atoms with Gasteiger partial charge in [-0.3, -0.25) is 9.59 Å². The first kappa shape index (κ1) is 20.8. The molecule has 1 aliphatic carbocycles. The zero-order valence-corrected chi connectivity index (χ0v) is 18.1. The Morgan fingerprint density at radius 1 is 1.16 bits per heavy atom. The highest BCUT2D eigenvalue weighted by atomic mass is 16.5. The summed E-state index contributed by atoms with van der Waals surface area (Å²) in [6, 6.07) is 13.0.